The second-order valence-corrected chi connectivity index (χ2v) is 6.39. The van der Waals surface area contributed by atoms with Gasteiger partial charge < -0.3 is 9.84 Å². The molecule has 146 valence electrons. The number of aromatic nitrogens is 5. The predicted octanol–water partition coefficient (Wildman–Crippen LogP) is 3.54. The quantitative estimate of drug-likeness (QED) is 0.519. The number of halogens is 1. The van der Waals surface area contributed by atoms with Crippen LogP contribution in [-0.2, 0) is 11.2 Å². The van der Waals surface area contributed by atoms with E-state index in [1.807, 2.05) is 19.1 Å². The second-order valence-electron chi connectivity index (χ2n) is 6.39. The molecule has 4 rings (SSSR count). The summed E-state index contributed by atoms with van der Waals surface area (Å²) in [5.41, 5.74) is 2.17. The Labute approximate surface area is 165 Å². The summed E-state index contributed by atoms with van der Waals surface area (Å²) in [5.74, 6) is 1.54. The minimum Gasteiger partial charge on any atom is -0.339 e. The van der Waals surface area contributed by atoms with Crippen molar-refractivity contribution < 1.29 is 13.7 Å². The molecule has 0 fully saturated rings. The van der Waals surface area contributed by atoms with Gasteiger partial charge in [-0.15, -0.1) is 0 Å². The zero-order valence-corrected chi connectivity index (χ0v) is 15.5. The van der Waals surface area contributed by atoms with E-state index in [0.29, 0.717) is 35.2 Å². The molecule has 2 N–H and O–H groups in total. The molecule has 2 aromatic carbocycles. The van der Waals surface area contributed by atoms with Crippen molar-refractivity contribution in [1.29, 1.82) is 0 Å². The lowest BCUT2D eigenvalue weighted by molar-refractivity contribution is -0.116. The van der Waals surface area contributed by atoms with Gasteiger partial charge >= 0.3 is 0 Å². The van der Waals surface area contributed by atoms with Gasteiger partial charge in [0.1, 0.15) is 11.6 Å². The van der Waals surface area contributed by atoms with Crippen LogP contribution in [0.4, 0.5) is 10.1 Å². The molecule has 8 nitrogen and oxygen atoms in total. The van der Waals surface area contributed by atoms with E-state index in [1.165, 1.54) is 12.1 Å². The van der Waals surface area contributed by atoms with Crippen molar-refractivity contribution in [3.05, 3.63) is 66.1 Å². The summed E-state index contributed by atoms with van der Waals surface area (Å²) in [5, 5.41) is 13.6. The third-order valence-electron chi connectivity index (χ3n) is 4.16. The number of carbonyl (C=O) groups excluding carboxylic acids is 1. The maximum Gasteiger partial charge on any atom is 0.227 e. The highest BCUT2D eigenvalue weighted by molar-refractivity contribution is 5.91. The van der Waals surface area contributed by atoms with Gasteiger partial charge in [0, 0.05) is 29.7 Å². The lowest BCUT2D eigenvalue weighted by Gasteiger charge is -2.04. The van der Waals surface area contributed by atoms with Crippen LogP contribution in [0, 0.1) is 12.7 Å². The van der Waals surface area contributed by atoms with Crippen LogP contribution in [-0.4, -0.2) is 31.2 Å². The van der Waals surface area contributed by atoms with Crippen molar-refractivity contribution in [1.82, 2.24) is 25.3 Å². The van der Waals surface area contributed by atoms with Crippen LogP contribution >= 0.6 is 0 Å². The van der Waals surface area contributed by atoms with Gasteiger partial charge in [0.2, 0.25) is 17.6 Å². The molecule has 0 unspecified atom stereocenters. The SMILES string of the molecule is Cc1nc(-c2ccc(NC(=O)CCc3nc(-c4ccc(F)cc4)no3)cc2)n[nH]1. The highest BCUT2D eigenvalue weighted by Crippen LogP contribution is 2.19. The minimum atomic E-state index is -0.335. The lowest BCUT2D eigenvalue weighted by atomic mass is 10.2. The van der Waals surface area contributed by atoms with Crippen molar-refractivity contribution in [3.63, 3.8) is 0 Å². The Morgan fingerprint density at radius 1 is 1.03 bits per heavy atom. The Bertz CT molecular complexity index is 1120. The smallest absolute Gasteiger partial charge is 0.227 e. The molecule has 0 aliphatic heterocycles. The van der Waals surface area contributed by atoms with Gasteiger partial charge in [-0.25, -0.2) is 9.37 Å². The first-order valence-corrected chi connectivity index (χ1v) is 8.94. The number of carbonyl (C=O) groups is 1. The van der Waals surface area contributed by atoms with Crippen molar-refractivity contribution in [2.24, 2.45) is 0 Å². The molecule has 0 spiro atoms. The van der Waals surface area contributed by atoms with Gasteiger partial charge in [0.05, 0.1) is 0 Å². The van der Waals surface area contributed by atoms with Crippen LogP contribution in [0.3, 0.4) is 0 Å². The van der Waals surface area contributed by atoms with Crippen LogP contribution < -0.4 is 5.32 Å². The maximum atomic E-state index is 13.0. The van der Waals surface area contributed by atoms with E-state index in [1.54, 1.807) is 24.3 Å². The summed E-state index contributed by atoms with van der Waals surface area (Å²) in [4.78, 5) is 20.7. The van der Waals surface area contributed by atoms with E-state index in [2.05, 4.69) is 30.6 Å². The molecule has 4 aromatic rings. The number of hydrogen-bond donors (Lipinski definition) is 2. The monoisotopic (exact) mass is 392 g/mol. The normalized spacial score (nSPS) is 10.8. The molecule has 0 radical (unpaired) electrons. The van der Waals surface area contributed by atoms with E-state index in [9.17, 15) is 9.18 Å². The number of nitrogens with zero attached hydrogens (tertiary/aromatic N) is 4. The van der Waals surface area contributed by atoms with Crippen molar-refractivity contribution in [2.75, 3.05) is 5.32 Å². The number of H-pyrrole nitrogens is 1. The number of anilines is 1. The fourth-order valence-corrected chi connectivity index (χ4v) is 2.69. The van der Waals surface area contributed by atoms with E-state index in [-0.39, 0.29) is 18.1 Å². The Balaban J connectivity index is 1.31. The molecule has 29 heavy (non-hydrogen) atoms. The number of amides is 1. The van der Waals surface area contributed by atoms with Crippen molar-refractivity contribution in [3.8, 4) is 22.8 Å². The molecular weight excluding hydrogens is 375 g/mol. The van der Waals surface area contributed by atoms with Gasteiger partial charge in [-0.1, -0.05) is 5.16 Å². The summed E-state index contributed by atoms with van der Waals surface area (Å²) in [6.45, 7) is 1.83. The van der Waals surface area contributed by atoms with Gasteiger partial charge in [-0.2, -0.15) is 10.1 Å². The fraction of sp³-hybridized carbons (Fsp3) is 0.150. The number of rotatable bonds is 6. The number of nitrogens with one attached hydrogen (secondary N) is 2. The van der Waals surface area contributed by atoms with Crippen LogP contribution in [0.25, 0.3) is 22.8 Å². The summed E-state index contributed by atoms with van der Waals surface area (Å²) in [6, 6.07) is 13.0. The van der Waals surface area contributed by atoms with E-state index < -0.39 is 0 Å². The number of benzene rings is 2. The van der Waals surface area contributed by atoms with Gasteiger partial charge in [0.15, 0.2) is 5.82 Å². The molecule has 9 heteroatoms. The number of hydrogen-bond acceptors (Lipinski definition) is 6. The first kappa shape index (κ1) is 18.5. The van der Waals surface area contributed by atoms with Gasteiger partial charge in [-0.05, 0) is 55.5 Å². The number of aromatic amines is 1. The Kier molecular flexibility index (Phi) is 5.10. The van der Waals surface area contributed by atoms with E-state index >= 15 is 0 Å². The second kappa shape index (κ2) is 8.01. The molecule has 0 aliphatic rings. The molecule has 0 atom stereocenters. The predicted molar refractivity (Wildman–Crippen MR) is 103 cm³/mol. The fourth-order valence-electron chi connectivity index (χ4n) is 2.69. The first-order valence-electron chi connectivity index (χ1n) is 8.94. The maximum absolute atomic E-state index is 13.0. The van der Waals surface area contributed by atoms with Crippen LogP contribution in [0.2, 0.25) is 0 Å². The van der Waals surface area contributed by atoms with Crippen molar-refractivity contribution in [2.45, 2.75) is 19.8 Å². The zero-order valence-electron chi connectivity index (χ0n) is 15.5. The molecule has 0 aliphatic carbocycles. The lowest BCUT2D eigenvalue weighted by Crippen LogP contribution is -2.12. The topological polar surface area (TPSA) is 110 Å². The average Bonchev–Trinajstić information content (AvgIpc) is 3.37. The third-order valence-corrected chi connectivity index (χ3v) is 4.16. The standard InChI is InChI=1S/C20H17FN6O2/c1-12-22-19(26-25-12)13-4-8-16(9-5-13)23-17(28)10-11-18-24-20(27-29-18)14-2-6-15(21)7-3-14/h2-9H,10-11H2,1H3,(H,23,28)(H,22,25,26). The highest BCUT2D eigenvalue weighted by Gasteiger charge is 2.11. The van der Waals surface area contributed by atoms with Crippen LogP contribution in [0.15, 0.2) is 53.1 Å². The summed E-state index contributed by atoms with van der Waals surface area (Å²) in [6.07, 6.45) is 0.488. The van der Waals surface area contributed by atoms with Crippen molar-refractivity contribution >= 4 is 11.6 Å². The molecule has 2 aromatic heterocycles. The molecule has 0 bridgehead atoms. The first-order chi connectivity index (χ1) is 14.1. The van der Waals surface area contributed by atoms with E-state index in [4.69, 9.17) is 4.52 Å². The largest absolute Gasteiger partial charge is 0.339 e. The summed E-state index contributed by atoms with van der Waals surface area (Å²) in [7, 11) is 0. The van der Waals surface area contributed by atoms with Crippen LogP contribution in [0.1, 0.15) is 18.1 Å². The average molecular weight is 392 g/mol. The molecular formula is C20H17FN6O2. The Morgan fingerprint density at radius 3 is 2.41 bits per heavy atom. The molecule has 1 amide bonds. The highest BCUT2D eigenvalue weighted by atomic mass is 19.1. The molecule has 2 heterocycles. The summed E-state index contributed by atoms with van der Waals surface area (Å²) < 4.78 is 18.2. The van der Waals surface area contributed by atoms with Gasteiger partial charge in [0.25, 0.3) is 0 Å². The minimum absolute atomic E-state index is 0.173. The zero-order chi connectivity index (χ0) is 20.2. The van der Waals surface area contributed by atoms with Crippen LogP contribution in [0.5, 0.6) is 0 Å². The Morgan fingerprint density at radius 2 is 1.72 bits per heavy atom. The summed E-state index contributed by atoms with van der Waals surface area (Å²) >= 11 is 0. The number of aryl methyl sites for hydroxylation is 2. The van der Waals surface area contributed by atoms with Gasteiger partial charge in [-0.3, -0.25) is 9.89 Å². The Hall–Kier alpha value is -3.88. The third kappa shape index (κ3) is 4.52. The molecule has 0 saturated heterocycles. The molecule has 0 saturated carbocycles. The van der Waals surface area contributed by atoms with E-state index in [0.717, 1.165) is 11.4 Å².